The summed E-state index contributed by atoms with van der Waals surface area (Å²) in [5.74, 6) is 0.603. The van der Waals surface area contributed by atoms with Crippen molar-refractivity contribution in [1.29, 1.82) is 0 Å². The standard InChI is InChI=1S/C12H26O2/c1-6-8-13-9-7-12(4,5)14-10-11(2)3/h11H,6-10H2,1-5H3. The van der Waals surface area contributed by atoms with Crippen LogP contribution in [0.4, 0.5) is 0 Å². The average Bonchev–Trinajstić information content (AvgIpc) is 2.10. The van der Waals surface area contributed by atoms with Crippen LogP contribution in [-0.4, -0.2) is 25.4 Å². The zero-order valence-corrected chi connectivity index (χ0v) is 10.4. The first-order valence-corrected chi connectivity index (χ1v) is 5.69. The number of hydrogen-bond donors (Lipinski definition) is 0. The minimum atomic E-state index is -0.0436. The van der Waals surface area contributed by atoms with Gasteiger partial charge < -0.3 is 9.47 Å². The van der Waals surface area contributed by atoms with E-state index in [4.69, 9.17) is 9.47 Å². The number of ether oxygens (including phenoxy) is 2. The molecule has 0 aromatic rings. The van der Waals surface area contributed by atoms with Crippen molar-refractivity contribution < 1.29 is 9.47 Å². The monoisotopic (exact) mass is 202 g/mol. The van der Waals surface area contributed by atoms with Gasteiger partial charge in [-0.1, -0.05) is 20.8 Å². The third-order valence-corrected chi connectivity index (χ3v) is 2.00. The molecule has 0 atom stereocenters. The fraction of sp³-hybridized carbons (Fsp3) is 1.00. The van der Waals surface area contributed by atoms with Crippen LogP contribution in [0.2, 0.25) is 0 Å². The molecule has 0 aromatic heterocycles. The lowest BCUT2D eigenvalue weighted by molar-refractivity contribution is -0.0510. The predicted octanol–water partition coefficient (Wildman–Crippen LogP) is 3.25. The summed E-state index contributed by atoms with van der Waals surface area (Å²) >= 11 is 0. The summed E-state index contributed by atoms with van der Waals surface area (Å²) in [7, 11) is 0. The van der Waals surface area contributed by atoms with Gasteiger partial charge in [0.2, 0.25) is 0 Å². The third kappa shape index (κ3) is 8.52. The summed E-state index contributed by atoms with van der Waals surface area (Å²) in [6.45, 7) is 13.2. The van der Waals surface area contributed by atoms with Gasteiger partial charge in [-0.15, -0.1) is 0 Å². The maximum atomic E-state index is 5.79. The first-order chi connectivity index (χ1) is 6.48. The number of rotatable bonds is 8. The van der Waals surface area contributed by atoms with Gasteiger partial charge in [-0.05, 0) is 32.6 Å². The van der Waals surface area contributed by atoms with Gasteiger partial charge in [0, 0.05) is 19.8 Å². The highest BCUT2D eigenvalue weighted by molar-refractivity contribution is 4.68. The molecule has 2 heteroatoms. The molecule has 0 saturated heterocycles. The van der Waals surface area contributed by atoms with Gasteiger partial charge >= 0.3 is 0 Å². The van der Waals surface area contributed by atoms with Gasteiger partial charge in [-0.2, -0.15) is 0 Å². The van der Waals surface area contributed by atoms with Crippen LogP contribution in [0.25, 0.3) is 0 Å². The van der Waals surface area contributed by atoms with Crippen molar-refractivity contribution in [3.63, 3.8) is 0 Å². The summed E-state index contributed by atoms with van der Waals surface area (Å²) < 4.78 is 11.2. The van der Waals surface area contributed by atoms with Crippen LogP contribution in [0.15, 0.2) is 0 Å². The van der Waals surface area contributed by atoms with E-state index < -0.39 is 0 Å². The van der Waals surface area contributed by atoms with Crippen molar-refractivity contribution in [3.05, 3.63) is 0 Å². The Morgan fingerprint density at radius 3 is 2.29 bits per heavy atom. The molecule has 0 saturated carbocycles. The molecule has 0 unspecified atom stereocenters. The van der Waals surface area contributed by atoms with Crippen LogP contribution in [-0.2, 0) is 9.47 Å². The van der Waals surface area contributed by atoms with Crippen molar-refractivity contribution in [1.82, 2.24) is 0 Å². The molecule has 0 bridgehead atoms. The Morgan fingerprint density at radius 2 is 1.79 bits per heavy atom. The van der Waals surface area contributed by atoms with Gasteiger partial charge in [0.1, 0.15) is 0 Å². The molecular formula is C12H26O2. The third-order valence-electron chi connectivity index (χ3n) is 2.00. The Balaban J connectivity index is 3.50. The molecule has 0 rings (SSSR count). The second-order valence-electron chi connectivity index (χ2n) is 4.83. The smallest absolute Gasteiger partial charge is 0.0648 e. The molecule has 0 heterocycles. The Morgan fingerprint density at radius 1 is 1.14 bits per heavy atom. The number of hydrogen-bond acceptors (Lipinski definition) is 2. The maximum absolute atomic E-state index is 5.79. The topological polar surface area (TPSA) is 18.5 Å². The van der Waals surface area contributed by atoms with E-state index in [2.05, 4.69) is 34.6 Å². The first-order valence-electron chi connectivity index (χ1n) is 5.69. The van der Waals surface area contributed by atoms with E-state index in [0.717, 1.165) is 32.7 Å². The Bertz CT molecular complexity index is 130. The minimum Gasteiger partial charge on any atom is -0.381 e. The molecule has 14 heavy (non-hydrogen) atoms. The van der Waals surface area contributed by atoms with E-state index >= 15 is 0 Å². The maximum Gasteiger partial charge on any atom is 0.0648 e. The molecule has 0 aromatic carbocycles. The summed E-state index contributed by atoms with van der Waals surface area (Å²) in [4.78, 5) is 0. The Kier molecular flexibility index (Phi) is 7.20. The molecule has 0 aliphatic heterocycles. The van der Waals surface area contributed by atoms with Gasteiger partial charge in [-0.3, -0.25) is 0 Å². The van der Waals surface area contributed by atoms with E-state index in [-0.39, 0.29) is 5.60 Å². The van der Waals surface area contributed by atoms with Crippen molar-refractivity contribution >= 4 is 0 Å². The SMILES string of the molecule is CCCOCCC(C)(C)OCC(C)C. The fourth-order valence-electron chi connectivity index (χ4n) is 1.03. The van der Waals surface area contributed by atoms with Gasteiger partial charge in [0.25, 0.3) is 0 Å². The van der Waals surface area contributed by atoms with Crippen LogP contribution in [0, 0.1) is 5.92 Å². The van der Waals surface area contributed by atoms with Crippen molar-refractivity contribution in [2.45, 2.75) is 53.1 Å². The lowest BCUT2D eigenvalue weighted by atomic mass is 10.1. The molecular weight excluding hydrogens is 176 g/mol. The van der Waals surface area contributed by atoms with E-state index in [0.29, 0.717) is 5.92 Å². The van der Waals surface area contributed by atoms with E-state index in [9.17, 15) is 0 Å². The summed E-state index contributed by atoms with van der Waals surface area (Å²) in [6, 6.07) is 0. The molecule has 2 nitrogen and oxygen atoms in total. The van der Waals surface area contributed by atoms with Gasteiger partial charge in [-0.25, -0.2) is 0 Å². The molecule has 0 aliphatic rings. The van der Waals surface area contributed by atoms with Gasteiger partial charge in [0.05, 0.1) is 5.60 Å². The highest BCUT2D eigenvalue weighted by atomic mass is 16.5. The minimum absolute atomic E-state index is 0.0436. The normalized spacial score (nSPS) is 12.4. The van der Waals surface area contributed by atoms with E-state index in [1.165, 1.54) is 0 Å². The summed E-state index contributed by atoms with van der Waals surface area (Å²) in [5, 5.41) is 0. The molecule has 86 valence electrons. The zero-order chi connectivity index (χ0) is 11.0. The largest absolute Gasteiger partial charge is 0.381 e. The highest BCUT2D eigenvalue weighted by Gasteiger charge is 2.18. The molecule has 0 radical (unpaired) electrons. The Hall–Kier alpha value is -0.0800. The van der Waals surface area contributed by atoms with Crippen LogP contribution in [0.1, 0.15) is 47.5 Å². The van der Waals surface area contributed by atoms with E-state index in [1.807, 2.05) is 0 Å². The van der Waals surface area contributed by atoms with Crippen molar-refractivity contribution in [2.75, 3.05) is 19.8 Å². The van der Waals surface area contributed by atoms with E-state index in [1.54, 1.807) is 0 Å². The molecule has 0 spiro atoms. The molecule has 0 N–H and O–H groups in total. The first kappa shape index (κ1) is 13.9. The van der Waals surface area contributed by atoms with Crippen LogP contribution in [0.3, 0.4) is 0 Å². The molecule has 0 fully saturated rings. The zero-order valence-electron chi connectivity index (χ0n) is 10.4. The predicted molar refractivity (Wildman–Crippen MR) is 60.6 cm³/mol. The second kappa shape index (κ2) is 7.24. The molecule has 0 aliphatic carbocycles. The summed E-state index contributed by atoms with van der Waals surface area (Å²) in [6.07, 6.45) is 2.06. The lowest BCUT2D eigenvalue weighted by Gasteiger charge is -2.26. The lowest BCUT2D eigenvalue weighted by Crippen LogP contribution is -2.28. The van der Waals surface area contributed by atoms with Crippen molar-refractivity contribution in [3.8, 4) is 0 Å². The highest BCUT2D eigenvalue weighted by Crippen LogP contribution is 2.15. The van der Waals surface area contributed by atoms with Gasteiger partial charge in [0.15, 0.2) is 0 Å². The second-order valence-corrected chi connectivity index (χ2v) is 4.83. The molecule has 0 amide bonds. The fourth-order valence-corrected chi connectivity index (χ4v) is 1.03. The van der Waals surface area contributed by atoms with Crippen LogP contribution in [0.5, 0.6) is 0 Å². The Labute approximate surface area is 89.0 Å². The van der Waals surface area contributed by atoms with Crippen molar-refractivity contribution in [2.24, 2.45) is 5.92 Å². The quantitative estimate of drug-likeness (QED) is 0.562. The average molecular weight is 202 g/mol. The van der Waals surface area contributed by atoms with Crippen LogP contribution >= 0.6 is 0 Å². The summed E-state index contributed by atoms with van der Waals surface area (Å²) in [5.41, 5.74) is -0.0436. The van der Waals surface area contributed by atoms with Crippen LogP contribution < -0.4 is 0 Å².